The van der Waals surface area contributed by atoms with Crippen molar-refractivity contribution in [1.82, 2.24) is 9.80 Å². The summed E-state index contributed by atoms with van der Waals surface area (Å²) in [4.78, 5) is 29.9. The second-order valence-corrected chi connectivity index (χ2v) is 22.4. The summed E-state index contributed by atoms with van der Waals surface area (Å²) >= 11 is 0. The molecule has 0 saturated carbocycles. The van der Waals surface area contributed by atoms with Crippen molar-refractivity contribution >= 4 is 11.9 Å². The fraction of sp³-hybridized carbons (Fsp3) is 0.968. The summed E-state index contributed by atoms with van der Waals surface area (Å²) in [7, 11) is 0. The normalized spacial score (nSPS) is 12.3. The molecule has 0 aromatic heterocycles. The van der Waals surface area contributed by atoms with Gasteiger partial charge in [-0.2, -0.15) is 0 Å². The Labute approximate surface area is 448 Å². The lowest BCUT2D eigenvalue weighted by molar-refractivity contribution is -0.144. The molecule has 0 amide bonds. The molecule has 430 valence electrons. The first-order valence-corrected chi connectivity index (χ1v) is 32.0. The quantitative estimate of drug-likeness (QED) is 0.0404. The number of ether oxygens (including phenoxy) is 2. The van der Waals surface area contributed by atoms with Crippen LogP contribution >= 0.6 is 0 Å². The van der Waals surface area contributed by atoms with Crippen LogP contribution in [0, 0.1) is 11.8 Å². The van der Waals surface area contributed by atoms with Gasteiger partial charge in [-0.05, 0) is 63.5 Å². The Morgan fingerprint density at radius 2 is 0.597 bits per heavy atom. The lowest BCUT2D eigenvalue weighted by atomic mass is 9.90. The van der Waals surface area contributed by atoms with Gasteiger partial charge in [0.05, 0.1) is 32.5 Å². The molecule has 0 aliphatic carbocycles. The standard InChI is InChI=1S/C63H126N2O7/c1-5-9-13-17-21-25-29-33-41-59(42-34-30-26-22-18-14-10-6-2)45-39-55-71-62(69)47-37-49-64(57-61(68)58-65(51-53-66)52-54-67)50-38-48-63(70)72-56-40-46-60(43-35-31-27-23-19-15-11-7-3)44-36-32-28-24-20-16-12-8-4/h59-61,66-68H,5-58H2,1-4H3/t61-/m0/s1. The summed E-state index contributed by atoms with van der Waals surface area (Å²) in [5.74, 6) is 1.14. The Morgan fingerprint density at radius 3 is 0.875 bits per heavy atom. The molecule has 1 atom stereocenters. The first-order chi connectivity index (χ1) is 35.3. The average molecular weight is 1020 g/mol. The van der Waals surface area contributed by atoms with Crippen LogP contribution in [0.2, 0.25) is 0 Å². The van der Waals surface area contributed by atoms with Gasteiger partial charge in [0.25, 0.3) is 0 Å². The van der Waals surface area contributed by atoms with Crippen molar-refractivity contribution in [1.29, 1.82) is 0 Å². The van der Waals surface area contributed by atoms with Gasteiger partial charge in [0, 0.05) is 39.0 Å². The minimum absolute atomic E-state index is 0.0427. The molecule has 3 N–H and O–H groups in total. The molecular formula is C63H126N2O7. The van der Waals surface area contributed by atoms with E-state index < -0.39 is 6.10 Å². The lowest BCUT2D eigenvalue weighted by Gasteiger charge is -2.28. The number of nitrogens with zero attached hydrogens (tertiary/aromatic N) is 2. The van der Waals surface area contributed by atoms with Gasteiger partial charge in [0.2, 0.25) is 0 Å². The van der Waals surface area contributed by atoms with E-state index in [9.17, 15) is 24.9 Å². The maximum absolute atomic E-state index is 13.0. The average Bonchev–Trinajstić information content (AvgIpc) is 3.36. The third kappa shape index (κ3) is 50.9. The molecule has 0 unspecified atom stereocenters. The highest BCUT2D eigenvalue weighted by atomic mass is 16.5. The van der Waals surface area contributed by atoms with Gasteiger partial charge in [-0.15, -0.1) is 0 Å². The smallest absolute Gasteiger partial charge is 0.305 e. The van der Waals surface area contributed by atoms with Crippen molar-refractivity contribution in [2.45, 2.75) is 316 Å². The Hall–Kier alpha value is -1.26. The number of aliphatic hydroxyl groups excluding tert-OH is 3. The zero-order valence-corrected chi connectivity index (χ0v) is 48.8. The van der Waals surface area contributed by atoms with Gasteiger partial charge in [-0.1, -0.05) is 259 Å². The van der Waals surface area contributed by atoms with Crippen molar-refractivity contribution in [2.24, 2.45) is 11.8 Å². The van der Waals surface area contributed by atoms with E-state index in [0.717, 1.165) is 37.5 Å². The highest BCUT2D eigenvalue weighted by Crippen LogP contribution is 2.26. The predicted octanol–water partition coefficient (Wildman–Crippen LogP) is 16.5. The molecule has 0 bridgehead atoms. The zero-order valence-electron chi connectivity index (χ0n) is 48.8. The molecule has 0 fully saturated rings. The van der Waals surface area contributed by atoms with Crippen molar-refractivity contribution in [3.05, 3.63) is 0 Å². The van der Waals surface area contributed by atoms with Crippen molar-refractivity contribution in [2.75, 3.05) is 65.7 Å². The Bertz CT molecular complexity index is 980. The van der Waals surface area contributed by atoms with Gasteiger partial charge >= 0.3 is 11.9 Å². The van der Waals surface area contributed by atoms with E-state index in [0.29, 0.717) is 78.2 Å². The zero-order chi connectivity index (χ0) is 52.6. The first-order valence-electron chi connectivity index (χ1n) is 32.0. The monoisotopic (exact) mass is 1020 g/mol. The Balaban J connectivity index is 5.01. The fourth-order valence-electron chi connectivity index (χ4n) is 10.8. The summed E-state index contributed by atoms with van der Waals surface area (Å²) < 4.78 is 11.6. The largest absolute Gasteiger partial charge is 0.466 e. The molecule has 0 saturated heterocycles. The number of aliphatic hydroxyl groups is 3. The fourth-order valence-corrected chi connectivity index (χ4v) is 10.8. The number of esters is 2. The van der Waals surface area contributed by atoms with Gasteiger partial charge in [-0.25, -0.2) is 0 Å². The SMILES string of the molecule is CCCCCCCCCCC(CCCCCCCCCC)CCCOC(=O)CCCN(CCCC(=O)OCCCC(CCCCCCCCCC)CCCCCCCCCC)C[C@H](O)CN(CCO)CCO. The van der Waals surface area contributed by atoms with Gasteiger partial charge < -0.3 is 29.7 Å². The summed E-state index contributed by atoms with van der Waals surface area (Å²) in [6, 6.07) is 0. The second-order valence-electron chi connectivity index (χ2n) is 22.4. The molecule has 0 heterocycles. The predicted molar refractivity (Wildman–Crippen MR) is 308 cm³/mol. The van der Waals surface area contributed by atoms with E-state index in [4.69, 9.17) is 9.47 Å². The second kappa shape index (κ2) is 57.4. The van der Waals surface area contributed by atoms with Crippen molar-refractivity contribution in [3.63, 3.8) is 0 Å². The number of hydrogen-bond acceptors (Lipinski definition) is 9. The molecule has 0 rings (SSSR count). The van der Waals surface area contributed by atoms with E-state index in [1.165, 1.54) is 231 Å². The van der Waals surface area contributed by atoms with Crippen LogP contribution in [0.5, 0.6) is 0 Å². The third-order valence-electron chi connectivity index (χ3n) is 15.4. The Morgan fingerprint density at radius 1 is 0.347 bits per heavy atom. The number of carbonyl (C=O) groups excluding carboxylic acids is 2. The number of unbranched alkanes of at least 4 members (excludes halogenated alkanes) is 28. The number of rotatable bonds is 60. The van der Waals surface area contributed by atoms with Gasteiger partial charge in [-0.3, -0.25) is 14.5 Å². The maximum Gasteiger partial charge on any atom is 0.305 e. The van der Waals surface area contributed by atoms with E-state index in [2.05, 4.69) is 32.6 Å². The molecule has 0 aromatic rings. The van der Waals surface area contributed by atoms with Crippen LogP contribution in [0.3, 0.4) is 0 Å². The van der Waals surface area contributed by atoms with E-state index in [1.54, 1.807) is 0 Å². The lowest BCUT2D eigenvalue weighted by Crippen LogP contribution is -2.43. The molecular weight excluding hydrogens is 897 g/mol. The molecule has 0 aromatic carbocycles. The summed E-state index contributed by atoms with van der Waals surface area (Å²) in [6.45, 7) is 12.7. The van der Waals surface area contributed by atoms with Crippen LogP contribution in [0.25, 0.3) is 0 Å². The van der Waals surface area contributed by atoms with Crippen LogP contribution in [0.4, 0.5) is 0 Å². The molecule has 9 heteroatoms. The van der Waals surface area contributed by atoms with Crippen molar-refractivity contribution < 1.29 is 34.4 Å². The van der Waals surface area contributed by atoms with Gasteiger partial charge in [0.15, 0.2) is 0 Å². The summed E-state index contributed by atoms with van der Waals surface area (Å²) in [5, 5.41) is 30.1. The minimum Gasteiger partial charge on any atom is -0.466 e. The Kier molecular flexibility index (Phi) is 56.4. The van der Waals surface area contributed by atoms with Crippen LogP contribution in [-0.4, -0.2) is 109 Å². The highest BCUT2D eigenvalue weighted by Gasteiger charge is 2.18. The highest BCUT2D eigenvalue weighted by molar-refractivity contribution is 5.69. The summed E-state index contributed by atoms with van der Waals surface area (Å²) in [5.41, 5.74) is 0. The summed E-state index contributed by atoms with van der Waals surface area (Å²) in [6.07, 6.45) is 53.9. The maximum atomic E-state index is 13.0. The number of hydrogen-bond donors (Lipinski definition) is 3. The van der Waals surface area contributed by atoms with Crippen molar-refractivity contribution in [3.8, 4) is 0 Å². The van der Waals surface area contributed by atoms with E-state index >= 15 is 0 Å². The van der Waals surface area contributed by atoms with Crippen LogP contribution < -0.4 is 0 Å². The number of carbonyl (C=O) groups is 2. The molecule has 0 aliphatic heterocycles. The molecule has 9 nitrogen and oxygen atoms in total. The molecule has 72 heavy (non-hydrogen) atoms. The first kappa shape index (κ1) is 70.7. The van der Waals surface area contributed by atoms with Crippen LogP contribution in [-0.2, 0) is 19.1 Å². The topological polar surface area (TPSA) is 120 Å². The van der Waals surface area contributed by atoms with E-state index in [1.807, 2.05) is 4.90 Å². The minimum atomic E-state index is -0.698. The molecule has 0 aliphatic rings. The van der Waals surface area contributed by atoms with E-state index in [-0.39, 0.29) is 25.2 Å². The third-order valence-corrected chi connectivity index (χ3v) is 15.4. The van der Waals surface area contributed by atoms with Gasteiger partial charge in [0.1, 0.15) is 0 Å². The molecule has 0 radical (unpaired) electrons. The molecule has 0 spiro atoms. The van der Waals surface area contributed by atoms with Crippen LogP contribution in [0.15, 0.2) is 0 Å². The van der Waals surface area contributed by atoms with Crippen LogP contribution in [0.1, 0.15) is 310 Å².